The van der Waals surface area contributed by atoms with Crippen LogP contribution in [-0.4, -0.2) is 12.7 Å². The molecule has 1 heterocycles. The van der Waals surface area contributed by atoms with E-state index in [4.69, 9.17) is 15.2 Å². The van der Waals surface area contributed by atoms with Gasteiger partial charge < -0.3 is 15.2 Å². The molecule has 0 saturated heterocycles. The van der Waals surface area contributed by atoms with Crippen LogP contribution in [0.15, 0.2) is 18.2 Å². The summed E-state index contributed by atoms with van der Waals surface area (Å²) >= 11 is 0. The fourth-order valence-electron chi connectivity index (χ4n) is 3.99. The van der Waals surface area contributed by atoms with E-state index in [0.717, 1.165) is 42.2 Å². The molecule has 1 aromatic rings. The molecular weight excluding hydrogens is 262 g/mol. The van der Waals surface area contributed by atoms with Gasteiger partial charge in [-0.05, 0) is 49.8 Å². The first kappa shape index (κ1) is 14.7. The number of fused-ring (bicyclic) bond motifs is 1. The van der Waals surface area contributed by atoms with Crippen molar-refractivity contribution in [1.82, 2.24) is 0 Å². The molecule has 3 nitrogen and oxygen atoms in total. The summed E-state index contributed by atoms with van der Waals surface area (Å²) in [7, 11) is 1.69. The van der Waals surface area contributed by atoms with Crippen molar-refractivity contribution in [2.75, 3.05) is 7.11 Å². The zero-order valence-electron chi connectivity index (χ0n) is 13.2. The molecule has 1 saturated carbocycles. The number of methoxy groups -OCH3 is 1. The van der Waals surface area contributed by atoms with Crippen molar-refractivity contribution in [2.45, 2.75) is 63.5 Å². The van der Waals surface area contributed by atoms with E-state index in [0.29, 0.717) is 0 Å². The molecule has 0 amide bonds. The van der Waals surface area contributed by atoms with Crippen LogP contribution in [0.25, 0.3) is 0 Å². The summed E-state index contributed by atoms with van der Waals surface area (Å²) in [6.45, 7) is 2.30. The second-order valence-electron chi connectivity index (χ2n) is 6.70. The van der Waals surface area contributed by atoms with E-state index in [1.807, 2.05) is 18.2 Å². The van der Waals surface area contributed by atoms with E-state index < -0.39 is 0 Å². The first-order chi connectivity index (χ1) is 10.2. The average molecular weight is 289 g/mol. The fraction of sp³-hybridized carbons (Fsp3) is 0.667. The van der Waals surface area contributed by atoms with Crippen LogP contribution < -0.4 is 15.2 Å². The molecule has 1 spiro atoms. The van der Waals surface area contributed by atoms with Gasteiger partial charge in [0.25, 0.3) is 0 Å². The van der Waals surface area contributed by atoms with Gasteiger partial charge in [-0.2, -0.15) is 0 Å². The van der Waals surface area contributed by atoms with Crippen molar-refractivity contribution in [1.29, 1.82) is 0 Å². The van der Waals surface area contributed by atoms with Crippen LogP contribution in [0.4, 0.5) is 0 Å². The predicted octanol–water partition coefficient (Wildman–Crippen LogP) is 4.21. The Balaban J connectivity index is 1.84. The highest BCUT2D eigenvalue weighted by Crippen LogP contribution is 2.46. The number of hydrogen-bond donors (Lipinski definition) is 1. The van der Waals surface area contributed by atoms with Gasteiger partial charge in [-0.25, -0.2) is 0 Å². The molecule has 1 aromatic carbocycles. The minimum Gasteiger partial charge on any atom is -0.497 e. The molecule has 1 aliphatic carbocycles. The maximum absolute atomic E-state index is 6.47. The molecule has 21 heavy (non-hydrogen) atoms. The first-order valence-electron chi connectivity index (χ1n) is 8.28. The van der Waals surface area contributed by atoms with E-state index in [9.17, 15) is 0 Å². The molecular formula is C18H27NO2. The van der Waals surface area contributed by atoms with E-state index in [-0.39, 0.29) is 11.6 Å². The summed E-state index contributed by atoms with van der Waals surface area (Å²) in [5.74, 6) is 2.68. The Hall–Kier alpha value is -1.22. The molecule has 116 valence electrons. The average Bonchev–Trinajstić information content (AvgIpc) is 2.69. The van der Waals surface area contributed by atoms with Crippen molar-refractivity contribution in [3.63, 3.8) is 0 Å². The van der Waals surface area contributed by atoms with E-state index in [1.165, 1.54) is 25.7 Å². The van der Waals surface area contributed by atoms with Gasteiger partial charge in [0.2, 0.25) is 0 Å². The lowest BCUT2D eigenvalue weighted by molar-refractivity contribution is 0.0202. The molecule has 1 aliphatic heterocycles. The maximum atomic E-state index is 6.47. The van der Waals surface area contributed by atoms with Gasteiger partial charge in [-0.3, -0.25) is 0 Å². The van der Waals surface area contributed by atoms with Crippen LogP contribution in [-0.2, 0) is 0 Å². The summed E-state index contributed by atoms with van der Waals surface area (Å²) in [6.07, 6.45) is 8.38. The summed E-state index contributed by atoms with van der Waals surface area (Å²) in [6, 6.07) is 6.08. The molecule has 3 unspecified atom stereocenters. The van der Waals surface area contributed by atoms with E-state index in [1.54, 1.807) is 7.11 Å². The van der Waals surface area contributed by atoms with Crippen LogP contribution in [0.3, 0.4) is 0 Å². The molecule has 3 heteroatoms. The Kier molecular flexibility index (Phi) is 4.12. The minimum atomic E-state index is -0.0368. The van der Waals surface area contributed by atoms with Crippen LogP contribution in [0.2, 0.25) is 0 Å². The topological polar surface area (TPSA) is 44.5 Å². The lowest BCUT2D eigenvalue weighted by Crippen LogP contribution is -2.42. The summed E-state index contributed by atoms with van der Waals surface area (Å²) in [5.41, 5.74) is 7.52. The zero-order valence-corrected chi connectivity index (χ0v) is 13.2. The first-order valence-corrected chi connectivity index (χ1v) is 8.28. The lowest BCUT2D eigenvalue weighted by Gasteiger charge is -2.41. The standard InChI is InChI=1S/C18H27NO2/c1-3-13-5-4-9-18(10-8-13)12-16(19)15-11-14(20-2)6-7-17(15)21-18/h6-7,11,13,16H,3-5,8-10,12,19H2,1-2H3. The van der Waals surface area contributed by atoms with Gasteiger partial charge >= 0.3 is 0 Å². The van der Waals surface area contributed by atoms with Crippen LogP contribution in [0, 0.1) is 5.92 Å². The number of hydrogen-bond acceptors (Lipinski definition) is 3. The quantitative estimate of drug-likeness (QED) is 0.887. The van der Waals surface area contributed by atoms with Gasteiger partial charge in [-0.15, -0.1) is 0 Å². The van der Waals surface area contributed by atoms with Crippen LogP contribution >= 0.6 is 0 Å². The molecule has 2 aliphatic rings. The summed E-state index contributed by atoms with van der Waals surface area (Å²) < 4.78 is 11.8. The summed E-state index contributed by atoms with van der Waals surface area (Å²) in [5, 5.41) is 0. The van der Waals surface area contributed by atoms with Gasteiger partial charge in [-0.1, -0.05) is 19.8 Å². The van der Waals surface area contributed by atoms with Gasteiger partial charge in [0, 0.05) is 18.0 Å². The fourth-order valence-corrected chi connectivity index (χ4v) is 3.99. The van der Waals surface area contributed by atoms with Crippen LogP contribution in [0.5, 0.6) is 11.5 Å². The molecule has 3 rings (SSSR count). The third-order valence-corrected chi connectivity index (χ3v) is 5.37. The largest absolute Gasteiger partial charge is 0.497 e. The monoisotopic (exact) mass is 289 g/mol. The molecule has 2 N–H and O–H groups in total. The third kappa shape index (κ3) is 2.89. The van der Waals surface area contributed by atoms with Gasteiger partial charge in [0.05, 0.1) is 7.11 Å². The highest BCUT2D eigenvalue weighted by Gasteiger charge is 2.41. The third-order valence-electron chi connectivity index (χ3n) is 5.37. The number of rotatable bonds is 2. The zero-order chi connectivity index (χ0) is 14.9. The van der Waals surface area contributed by atoms with E-state index >= 15 is 0 Å². The molecule has 1 fully saturated rings. The molecule has 3 atom stereocenters. The van der Waals surface area contributed by atoms with Crippen molar-refractivity contribution in [2.24, 2.45) is 11.7 Å². The SMILES string of the molecule is CCC1CCCC2(CC1)CC(N)c1cc(OC)ccc1O2. The van der Waals surface area contributed by atoms with Crippen molar-refractivity contribution in [3.05, 3.63) is 23.8 Å². The number of benzene rings is 1. The van der Waals surface area contributed by atoms with Crippen molar-refractivity contribution >= 4 is 0 Å². The maximum Gasteiger partial charge on any atom is 0.125 e. The Bertz CT molecular complexity index is 502. The van der Waals surface area contributed by atoms with E-state index in [2.05, 4.69) is 6.92 Å². The normalized spacial score (nSPS) is 32.1. The van der Waals surface area contributed by atoms with Gasteiger partial charge in [0.1, 0.15) is 17.1 Å². The Morgan fingerprint density at radius 2 is 2.19 bits per heavy atom. The Morgan fingerprint density at radius 3 is 2.95 bits per heavy atom. The summed E-state index contributed by atoms with van der Waals surface area (Å²) in [4.78, 5) is 0. The van der Waals surface area contributed by atoms with Crippen LogP contribution in [0.1, 0.15) is 63.5 Å². The molecule has 0 aromatic heterocycles. The second-order valence-corrected chi connectivity index (χ2v) is 6.70. The highest BCUT2D eigenvalue weighted by molar-refractivity contribution is 5.44. The Labute approximate surface area is 127 Å². The van der Waals surface area contributed by atoms with Crippen molar-refractivity contribution < 1.29 is 9.47 Å². The second kappa shape index (κ2) is 5.88. The minimum absolute atomic E-state index is 0.0368. The number of ether oxygens (including phenoxy) is 2. The Morgan fingerprint density at radius 1 is 1.33 bits per heavy atom. The number of nitrogens with two attached hydrogens (primary N) is 1. The smallest absolute Gasteiger partial charge is 0.125 e. The highest BCUT2D eigenvalue weighted by atomic mass is 16.5. The lowest BCUT2D eigenvalue weighted by atomic mass is 9.82. The van der Waals surface area contributed by atoms with Crippen molar-refractivity contribution in [3.8, 4) is 11.5 Å². The predicted molar refractivity (Wildman–Crippen MR) is 84.8 cm³/mol. The molecule has 0 radical (unpaired) electrons. The molecule has 0 bridgehead atoms. The van der Waals surface area contributed by atoms with Gasteiger partial charge in [0.15, 0.2) is 0 Å².